The second kappa shape index (κ2) is 9.10. The molecule has 1 atom stereocenters. The van der Waals surface area contributed by atoms with Gasteiger partial charge >= 0.3 is 63.7 Å². The normalized spacial score (nSPS) is 5.25. The molecule has 4 heavy (non-hydrogen) atoms. The third kappa shape index (κ3) is 8.82. The molecule has 0 amide bonds. The fraction of sp³-hybridized carbons (Fsp3) is 0. The predicted molar refractivity (Wildman–Crippen MR) is 19.6 cm³/mol. The van der Waals surface area contributed by atoms with Crippen molar-refractivity contribution < 1.29 is 29.6 Å². The molecule has 1 unspecified atom stereocenters. The molecule has 4 heteroatoms. The van der Waals surface area contributed by atoms with Gasteiger partial charge in [-0.2, -0.15) is 0 Å². The minimum absolute atomic E-state index is 0. The van der Waals surface area contributed by atoms with Crippen LogP contribution in [0.15, 0.2) is 0 Å². The monoisotopic (exact) mass is 399 g/mol. The van der Waals surface area contributed by atoms with Gasteiger partial charge in [0, 0.05) is 0 Å². The maximum atomic E-state index is 2.58. The predicted octanol–water partition coefficient (Wildman–Crippen LogP) is -0.863. The summed E-state index contributed by atoms with van der Waals surface area (Å²) < 4.78 is 0. The van der Waals surface area contributed by atoms with Crippen LogP contribution in [0.5, 0.6) is 0 Å². The molecule has 0 aromatic heterocycles. The Labute approximate surface area is 62.9 Å². The summed E-state index contributed by atoms with van der Waals surface area (Å²) in [7, 11) is 2.58. The van der Waals surface area contributed by atoms with E-state index in [1.807, 2.05) is 17.7 Å². The van der Waals surface area contributed by atoms with Crippen molar-refractivity contribution in [2.45, 2.75) is 0 Å². The summed E-state index contributed by atoms with van der Waals surface area (Å²) >= 11 is 3.21. The van der Waals surface area contributed by atoms with Gasteiger partial charge in [0.2, 0.25) is 0 Å². The molecule has 0 aromatic rings. The Morgan fingerprint density at radius 1 is 1.75 bits per heavy atom. The van der Waals surface area contributed by atoms with Gasteiger partial charge in [0.1, 0.15) is 0 Å². The van der Waals surface area contributed by atoms with Crippen LogP contribution in [0.25, 0.3) is 0 Å². The molecule has 0 aliphatic rings. The summed E-state index contributed by atoms with van der Waals surface area (Å²) in [5.41, 5.74) is 0. The molecular weight excluding hydrogens is 392 g/mol. The fourth-order valence-electron chi connectivity index (χ4n) is 0. The zero-order valence-corrected chi connectivity index (χ0v) is 11.8. The Kier molecular flexibility index (Phi) is 22.1. The summed E-state index contributed by atoms with van der Waals surface area (Å²) in [6.45, 7) is 0. The quantitative estimate of drug-likeness (QED) is 0.369. The Balaban J connectivity index is 0. The van der Waals surface area contributed by atoms with Crippen molar-refractivity contribution in [3.8, 4) is 0 Å². The molecule has 0 aliphatic heterocycles. The third-order valence-electron chi connectivity index (χ3n) is 0. The van der Waals surface area contributed by atoms with Crippen molar-refractivity contribution in [2.24, 2.45) is 0 Å². The van der Waals surface area contributed by atoms with Crippen LogP contribution in [0, 0.1) is 0 Å². The Morgan fingerprint density at radius 3 is 1.75 bits per heavy atom. The van der Waals surface area contributed by atoms with Gasteiger partial charge in [0.05, 0.1) is 0 Å². The molecule has 0 aromatic carbocycles. The van der Waals surface area contributed by atoms with Crippen LogP contribution in [-0.2, 0) is 29.6 Å². The van der Waals surface area contributed by atoms with E-state index >= 15 is 0 Å². The Morgan fingerprint density at radius 2 is 1.75 bits per heavy atom. The van der Waals surface area contributed by atoms with Crippen LogP contribution in [0.4, 0.5) is 0 Å². The van der Waals surface area contributed by atoms with Crippen LogP contribution in [0.1, 0.15) is 0 Å². The van der Waals surface area contributed by atoms with Crippen molar-refractivity contribution in [2.75, 3.05) is 0 Å². The minimum atomic E-state index is 0. The molecule has 0 saturated heterocycles. The third-order valence-corrected chi connectivity index (χ3v) is 0. The van der Waals surface area contributed by atoms with Crippen molar-refractivity contribution in [1.29, 1.82) is 0 Å². The van der Waals surface area contributed by atoms with Gasteiger partial charge < -0.3 is 0 Å². The van der Waals surface area contributed by atoms with Gasteiger partial charge in [-0.1, -0.05) is 0 Å². The molecule has 0 spiro atoms. The molecule has 0 bridgehead atoms. The topological polar surface area (TPSA) is 0 Å². The summed E-state index contributed by atoms with van der Waals surface area (Å²) in [5.74, 6) is 0. The molecule has 0 N–H and O–H groups in total. The second-order valence-electron chi connectivity index (χ2n) is 0.0833. The van der Waals surface area contributed by atoms with Gasteiger partial charge in [0.15, 0.2) is 0 Å². The fourth-order valence-corrected chi connectivity index (χ4v) is 0. The number of rotatable bonds is 0. The van der Waals surface area contributed by atoms with Crippen LogP contribution in [0.2, 0.25) is 0 Å². The van der Waals surface area contributed by atoms with Crippen molar-refractivity contribution >= 4 is 34.1 Å². The van der Waals surface area contributed by atoms with E-state index in [1.165, 1.54) is 11.9 Å². The first-order chi connectivity index (χ1) is 1.41. The molecule has 0 rings (SSSR count). The molecule has 0 fully saturated rings. The molecule has 0 aliphatic carbocycles. The molecule has 0 saturated carbocycles. The van der Waals surface area contributed by atoms with Gasteiger partial charge in [-0.05, 0) is 0 Å². The second-order valence-corrected chi connectivity index (χ2v) is 6.10. The van der Waals surface area contributed by atoms with E-state index in [9.17, 15) is 0 Å². The first-order valence-corrected chi connectivity index (χ1v) is 6.05. The SMILES string of the molecule is [BiH3].[PH2][Fe][Mo]. The Hall–Kier alpha value is 2.52. The summed E-state index contributed by atoms with van der Waals surface area (Å²) in [6.07, 6.45) is 0. The first-order valence-electron chi connectivity index (χ1n) is 0.348. The van der Waals surface area contributed by atoms with E-state index in [0.29, 0.717) is 0 Å². The molecule has 0 nitrogen and oxygen atoms in total. The standard InChI is InChI=1S/Bi.Fe.Mo.H2P.3H/h;;;1H2;;;/q;+1;;-1;;;. The molecule has 0 radical (unpaired) electrons. The van der Waals surface area contributed by atoms with Gasteiger partial charge in [-0.25, -0.2) is 0 Å². The van der Waals surface area contributed by atoms with Gasteiger partial charge in [-0.3, -0.25) is 0 Å². The van der Waals surface area contributed by atoms with Crippen molar-refractivity contribution in [1.82, 2.24) is 0 Å². The van der Waals surface area contributed by atoms with Crippen LogP contribution in [0.3, 0.4) is 0 Å². The van der Waals surface area contributed by atoms with Crippen LogP contribution in [-0.4, -0.2) is 26.2 Å². The van der Waals surface area contributed by atoms with Crippen molar-refractivity contribution in [3.63, 3.8) is 0 Å². The summed E-state index contributed by atoms with van der Waals surface area (Å²) in [4.78, 5) is 0. The number of hydrogen-bond acceptors (Lipinski definition) is 0. The first kappa shape index (κ1) is 9.72. The average molecular weight is 397 g/mol. The molecule has 0 heterocycles. The van der Waals surface area contributed by atoms with E-state index < -0.39 is 0 Å². The van der Waals surface area contributed by atoms with E-state index in [4.69, 9.17) is 0 Å². The zero-order valence-electron chi connectivity index (χ0n) is 2.05. The average Bonchev–Trinajstić information content (AvgIpc) is 0.918. The Bertz CT molecular complexity index is 8.00. The summed E-state index contributed by atoms with van der Waals surface area (Å²) in [6, 6.07) is 0. The maximum absolute atomic E-state index is 2.58. The van der Waals surface area contributed by atoms with E-state index in [2.05, 4.69) is 7.93 Å². The van der Waals surface area contributed by atoms with Crippen molar-refractivity contribution in [3.05, 3.63) is 0 Å². The van der Waals surface area contributed by atoms with Gasteiger partial charge in [0.25, 0.3) is 0 Å². The summed E-state index contributed by atoms with van der Waals surface area (Å²) in [5, 5.41) is 0. The number of hydrogen-bond donors (Lipinski definition) is 0. The molecule has 29 valence electrons. The van der Waals surface area contributed by atoms with Gasteiger partial charge in [-0.15, -0.1) is 0 Å². The van der Waals surface area contributed by atoms with E-state index in [-0.39, 0.29) is 26.2 Å². The van der Waals surface area contributed by atoms with E-state index in [0.717, 1.165) is 0 Å². The van der Waals surface area contributed by atoms with E-state index in [1.54, 1.807) is 0 Å². The van der Waals surface area contributed by atoms with Crippen LogP contribution < -0.4 is 0 Å². The molecular formula is H5BiFeMoP. The van der Waals surface area contributed by atoms with Crippen LogP contribution >= 0.6 is 7.93 Å². The zero-order chi connectivity index (χ0) is 2.71.